The van der Waals surface area contributed by atoms with E-state index in [4.69, 9.17) is 0 Å². The Bertz CT molecular complexity index is 358. The van der Waals surface area contributed by atoms with Gasteiger partial charge in [-0.2, -0.15) is 0 Å². The van der Waals surface area contributed by atoms with Gasteiger partial charge in [0.15, 0.2) is 0 Å². The SMILES string of the molecule is CCCc1cnc2c(c1)CN(C(C)C)CC2. The number of rotatable bonds is 3. The third-order valence-electron chi connectivity index (χ3n) is 3.39. The van der Waals surface area contributed by atoms with E-state index in [1.165, 1.54) is 23.2 Å². The smallest absolute Gasteiger partial charge is 0.0461 e. The van der Waals surface area contributed by atoms with E-state index in [-0.39, 0.29) is 0 Å². The van der Waals surface area contributed by atoms with E-state index >= 15 is 0 Å². The van der Waals surface area contributed by atoms with Gasteiger partial charge in [-0.05, 0) is 31.4 Å². The predicted octanol–water partition coefficient (Wildman–Crippen LogP) is 2.80. The van der Waals surface area contributed by atoms with Crippen molar-refractivity contribution in [2.24, 2.45) is 0 Å². The number of fused-ring (bicyclic) bond motifs is 1. The Morgan fingerprint density at radius 1 is 1.44 bits per heavy atom. The molecule has 0 bridgehead atoms. The van der Waals surface area contributed by atoms with Gasteiger partial charge in [0.25, 0.3) is 0 Å². The van der Waals surface area contributed by atoms with Crippen LogP contribution < -0.4 is 0 Å². The van der Waals surface area contributed by atoms with Crippen LogP contribution >= 0.6 is 0 Å². The van der Waals surface area contributed by atoms with Gasteiger partial charge in [-0.25, -0.2) is 0 Å². The van der Waals surface area contributed by atoms with E-state index in [0.717, 1.165) is 25.9 Å². The molecular formula is C14H22N2. The lowest BCUT2D eigenvalue weighted by molar-refractivity contribution is 0.201. The quantitative estimate of drug-likeness (QED) is 0.775. The molecule has 0 saturated carbocycles. The Labute approximate surface area is 98.7 Å². The fourth-order valence-electron chi connectivity index (χ4n) is 2.36. The van der Waals surface area contributed by atoms with Gasteiger partial charge >= 0.3 is 0 Å². The molecule has 0 saturated heterocycles. The van der Waals surface area contributed by atoms with Gasteiger partial charge in [0.2, 0.25) is 0 Å². The summed E-state index contributed by atoms with van der Waals surface area (Å²) in [5.74, 6) is 0. The molecule has 2 nitrogen and oxygen atoms in total. The van der Waals surface area contributed by atoms with E-state index in [2.05, 4.69) is 42.9 Å². The van der Waals surface area contributed by atoms with Crippen molar-refractivity contribution < 1.29 is 0 Å². The lowest BCUT2D eigenvalue weighted by atomic mass is 10.0. The van der Waals surface area contributed by atoms with Crippen molar-refractivity contribution in [3.63, 3.8) is 0 Å². The Morgan fingerprint density at radius 2 is 2.25 bits per heavy atom. The minimum absolute atomic E-state index is 0.642. The summed E-state index contributed by atoms with van der Waals surface area (Å²) in [5, 5.41) is 0. The summed E-state index contributed by atoms with van der Waals surface area (Å²) in [6.45, 7) is 9.00. The number of aryl methyl sites for hydroxylation is 1. The fraction of sp³-hybridized carbons (Fsp3) is 0.643. The summed E-state index contributed by atoms with van der Waals surface area (Å²) >= 11 is 0. The third kappa shape index (κ3) is 2.43. The van der Waals surface area contributed by atoms with Gasteiger partial charge in [-0.15, -0.1) is 0 Å². The Kier molecular flexibility index (Phi) is 3.59. The molecule has 0 atom stereocenters. The van der Waals surface area contributed by atoms with Crippen molar-refractivity contribution in [1.82, 2.24) is 9.88 Å². The van der Waals surface area contributed by atoms with Crippen LogP contribution in [0.2, 0.25) is 0 Å². The van der Waals surface area contributed by atoms with Crippen LogP contribution in [0.5, 0.6) is 0 Å². The summed E-state index contributed by atoms with van der Waals surface area (Å²) in [4.78, 5) is 7.13. The first-order chi connectivity index (χ1) is 7.70. The van der Waals surface area contributed by atoms with Crippen molar-refractivity contribution in [3.8, 4) is 0 Å². The lowest BCUT2D eigenvalue weighted by Gasteiger charge is -2.31. The fourth-order valence-corrected chi connectivity index (χ4v) is 2.36. The Hall–Kier alpha value is -0.890. The zero-order valence-electron chi connectivity index (χ0n) is 10.7. The van der Waals surface area contributed by atoms with Gasteiger partial charge in [0.05, 0.1) is 0 Å². The van der Waals surface area contributed by atoms with E-state index < -0.39 is 0 Å². The number of aromatic nitrogens is 1. The standard InChI is InChI=1S/C14H22N2/c1-4-5-12-8-13-10-16(11(2)3)7-6-14(13)15-9-12/h8-9,11H,4-7,10H2,1-3H3. The highest BCUT2D eigenvalue weighted by molar-refractivity contribution is 5.27. The number of hydrogen-bond acceptors (Lipinski definition) is 2. The summed E-state index contributed by atoms with van der Waals surface area (Å²) in [5.41, 5.74) is 4.16. The van der Waals surface area contributed by atoms with Gasteiger partial charge in [-0.1, -0.05) is 19.4 Å². The molecule has 1 aliphatic heterocycles. The molecule has 0 amide bonds. The summed E-state index contributed by atoms with van der Waals surface area (Å²) in [6.07, 6.45) is 5.53. The molecule has 2 rings (SSSR count). The molecule has 2 heterocycles. The van der Waals surface area contributed by atoms with E-state index in [1.54, 1.807) is 0 Å². The molecule has 1 aromatic rings. The molecule has 0 radical (unpaired) electrons. The molecule has 0 fully saturated rings. The highest BCUT2D eigenvalue weighted by atomic mass is 15.2. The second-order valence-electron chi connectivity index (χ2n) is 5.01. The molecule has 88 valence electrons. The number of hydrogen-bond donors (Lipinski definition) is 0. The Balaban J connectivity index is 2.18. The van der Waals surface area contributed by atoms with Crippen LogP contribution in [0.4, 0.5) is 0 Å². The van der Waals surface area contributed by atoms with Crippen molar-refractivity contribution in [1.29, 1.82) is 0 Å². The number of pyridine rings is 1. The molecule has 1 aliphatic rings. The highest BCUT2D eigenvalue weighted by Gasteiger charge is 2.19. The van der Waals surface area contributed by atoms with E-state index in [9.17, 15) is 0 Å². The molecule has 0 aromatic carbocycles. The second kappa shape index (κ2) is 4.96. The maximum atomic E-state index is 4.60. The first kappa shape index (κ1) is 11.6. The molecule has 2 heteroatoms. The first-order valence-electron chi connectivity index (χ1n) is 6.41. The summed E-state index contributed by atoms with van der Waals surface area (Å²) < 4.78 is 0. The van der Waals surface area contributed by atoms with Crippen LogP contribution in [0.15, 0.2) is 12.3 Å². The largest absolute Gasteiger partial charge is 0.296 e. The molecular weight excluding hydrogens is 196 g/mol. The zero-order chi connectivity index (χ0) is 11.5. The minimum atomic E-state index is 0.642. The van der Waals surface area contributed by atoms with E-state index in [1.807, 2.05) is 0 Å². The molecule has 0 spiro atoms. The molecule has 0 N–H and O–H groups in total. The topological polar surface area (TPSA) is 16.1 Å². The average Bonchev–Trinajstić information content (AvgIpc) is 2.28. The second-order valence-corrected chi connectivity index (χ2v) is 5.01. The van der Waals surface area contributed by atoms with Crippen molar-refractivity contribution >= 4 is 0 Å². The van der Waals surface area contributed by atoms with Crippen LogP contribution in [-0.2, 0) is 19.4 Å². The normalized spacial score (nSPS) is 16.5. The van der Waals surface area contributed by atoms with Crippen LogP contribution in [-0.4, -0.2) is 22.5 Å². The van der Waals surface area contributed by atoms with E-state index in [0.29, 0.717) is 6.04 Å². The molecule has 0 unspecified atom stereocenters. The monoisotopic (exact) mass is 218 g/mol. The number of nitrogens with zero attached hydrogens (tertiary/aromatic N) is 2. The molecule has 0 aliphatic carbocycles. The first-order valence-corrected chi connectivity index (χ1v) is 6.41. The van der Waals surface area contributed by atoms with Gasteiger partial charge in [0, 0.05) is 37.4 Å². The van der Waals surface area contributed by atoms with Crippen molar-refractivity contribution in [3.05, 3.63) is 29.1 Å². The lowest BCUT2D eigenvalue weighted by Crippen LogP contribution is -2.36. The summed E-state index contributed by atoms with van der Waals surface area (Å²) in [6, 6.07) is 3.00. The van der Waals surface area contributed by atoms with Crippen molar-refractivity contribution in [2.75, 3.05) is 6.54 Å². The highest BCUT2D eigenvalue weighted by Crippen LogP contribution is 2.20. The Morgan fingerprint density at radius 3 is 2.94 bits per heavy atom. The van der Waals surface area contributed by atoms with Crippen LogP contribution in [0.25, 0.3) is 0 Å². The maximum Gasteiger partial charge on any atom is 0.0461 e. The van der Waals surface area contributed by atoms with Gasteiger partial charge in [-0.3, -0.25) is 9.88 Å². The van der Waals surface area contributed by atoms with Crippen LogP contribution in [0.1, 0.15) is 44.0 Å². The summed E-state index contributed by atoms with van der Waals surface area (Å²) in [7, 11) is 0. The minimum Gasteiger partial charge on any atom is -0.296 e. The predicted molar refractivity (Wildman–Crippen MR) is 67.5 cm³/mol. The van der Waals surface area contributed by atoms with Crippen molar-refractivity contribution in [2.45, 2.75) is 52.6 Å². The third-order valence-corrected chi connectivity index (χ3v) is 3.39. The molecule has 1 aromatic heterocycles. The average molecular weight is 218 g/mol. The van der Waals surface area contributed by atoms with Crippen LogP contribution in [0.3, 0.4) is 0 Å². The zero-order valence-corrected chi connectivity index (χ0v) is 10.7. The van der Waals surface area contributed by atoms with Gasteiger partial charge < -0.3 is 0 Å². The maximum absolute atomic E-state index is 4.60. The van der Waals surface area contributed by atoms with Crippen LogP contribution in [0, 0.1) is 0 Å². The van der Waals surface area contributed by atoms with Gasteiger partial charge in [0.1, 0.15) is 0 Å². The molecule has 16 heavy (non-hydrogen) atoms.